The second-order valence-electron chi connectivity index (χ2n) is 7.94. The van der Waals surface area contributed by atoms with Crippen molar-refractivity contribution in [1.29, 1.82) is 0 Å². The van der Waals surface area contributed by atoms with Crippen molar-refractivity contribution >= 4 is 53.7 Å². The maximum atomic E-state index is 5.83. The molecule has 7 heteroatoms. The van der Waals surface area contributed by atoms with E-state index in [1.807, 2.05) is 17.1 Å². The highest BCUT2D eigenvalue weighted by Crippen LogP contribution is 2.33. The van der Waals surface area contributed by atoms with Gasteiger partial charge in [-0.1, -0.05) is 0 Å². The van der Waals surface area contributed by atoms with Crippen molar-refractivity contribution in [3.8, 4) is 0 Å². The molecule has 4 aromatic rings. The third kappa shape index (κ3) is 3.95. The number of rotatable bonds is 1. The molecule has 1 unspecified atom stereocenters. The molecule has 2 aromatic carbocycles. The molecule has 1 fully saturated rings. The highest BCUT2D eigenvalue weighted by molar-refractivity contribution is 9.11. The Hall–Kier alpha value is -1.70. The van der Waals surface area contributed by atoms with Crippen LogP contribution < -0.4 is 0 Å². The van der Waals surface area contributed by atoms with E-state index in [-0.39, 0.29) is 6.23 Å². The highest BCUT2D eigenvalue weighted by atomic mass is 79.9. The highest BCUT2D eigenvalue weighted by Gasteiger charge is 2.20. The van der Waals surface area contributed by atoms with Gasteiger partial charge in [0.15, 0.2) is 6.23 Å². The first kappa shape index (κ1) is 21.5. The summed E-state index contributed by atoms with van der Waals surface area (Å²) in [6.45, 7) is 9.32. The molecular formula is C23H26Br2N4O. The third-order valence-corrected chi connectivity index (χ3v) is 8.00. The number of fused-ring (bicyclic) bond motifs is 2. The smallest absolute Gasteiger partial charge is 0.150 e. The van der Waals surface area contributed by atoms with Crippen LogP contribution in [0.4, 0.5) is 0 Å². The molecule has 1 N–H and O–H groups in total. The molecule has 0 radical (unpaired) electrons. The predicted octanol–water partition coefficient (Wildman–Crippen LogP) is 7.06. The van der Waals surface area contributed by atoms with E-state index >= 15 is 0 Å². The van der Waals surface area contributed by atoms with Crippen LogP contribution in [0.15, 0.2) is 33.5 Å². The van der Waals surface area contributed by atoms with Crippen molar-refractivity contribution in [1.82, 2.24) is 20.0 Å². The van der Waals surface area contributed by atoms with Gasteiger partial charge in [-0.3, -0.25) is 5.10 Å². The minimum Gasteiger partial charge on any atom is -0.356 e. The number of H-pyrrole nitrogens is 1. The topological polar surface area (TPSA) is 55.7 Å². The van der Waals surface area contributed by atoms with E-state index in [1.54, 1.807) is 0 Å². The summed E-state index contributed by atoms with van der Waals surface area (Å²) in [6.07, 6.45) is 7.32. The molecule has 1 saturated heterocycles. The van der Waals surface area contributed by atoms with Crippen molar-refractivity contribution < 1.29 is 4.74 Å². The molecule has 5 nitrogen and oxygen atoms in total. The number of hydrogen-bond acceptors (Lipinski definition) is 3. The minimum absolute atomic E-state index is 0.102. The van der Waals surface area contributed by atoms with E-state index in [1.165, 1.54) is 34.1 Å². The second kappa shape index (κ2) is 8.81. The van der Waals surface area contributed by atoms with Crippen molar-refractivity contribution in [3.63, 3.8) is 0 Å². The fraction of sp³-hybridized carbons (Fsp3) is 0.391. The second-order valence-corrected chi connectivity index (χ2v) is 9.53. The average molecular weight is 534 g/mol. The summed E-state index contributed by atoms with van der Waals surface area (Å²) in [6, 6.07) is 4.32. The van der Waals surface area contributed by atoms with Crippen LogP contribution in [0.2, 0.25) is 0 Å². The fourth-order valence-corrected chi connectivity index (χ4v) is 5.05. The standard InChI is InChI=1S/C14H17BrN2O.C9H9BrN2/c1-9-7-12-11(14(15)10(9)2)8-16-17(12)13-5-3-4-6-18-13;1-5-3-8-7(4-11-12-8)9(10)6(5)2/h7-8,13H,3-6H2,1-2H3;3-4H,1-2H3,(H,11,12). The Morgan fingerprint density at radius 3 is 2.37 bits per heavy atom. The lowest BCUT2D eigenvalue weighted by atomic mass is 10.1. The van der Waals surface area contributed by atoms with Gasteiger partial charge >= 0.3 is 0 Å². The lowest BCUT2D eigenvalue weighted by molar-refractivity contribution is -0.0366. The summed E-state index contributed by atoms with van der Waals surface area (Å²) >= 11 is 7.23. The summed E-state index contributed by atoms with van der Waals surface area (Å²) in [4.78, 5) is 0. The van der Waals surface area contributed by atoms with Crippen molar-refractivity contribution in [2.45, 2.75) is 53.2 Å². The van der Waals surface area contributed by atoms with Gasteiger partial charge in [-0.15, -0.1) is 0 Å². The first-order valence-electron chi connectivity index (χ1n) is 10.2. The molecule has 2 aromatic heterocycles. The van der Waals surface area contributed by atoms with Gasteiger partial charge in [0.05, 0.1) is 23.4 Å². The Labute approximate surface area is 193 Å². The first-order chi connectivity index (χ1) is 14.4. The van der Waals surface area contributed by atoms with Gasteiger partial charge in [-0.05, 0) is 113 Å². The van der Waals surface area contributed by atoms with Crippen LogP contribution in [0.5, 0.6) is 0 Å². The van der Waals surface area contributed by atoms with Gasteiger partial charge in [0.1, 0.15) is 0 Å². The molecule has 30 heavy (non-hydrogen) atoms. The summed E-state index contributed by atoms with van der Waals surface area (Å²) in [7, 11) is 0. The number of hydrogen-bond donors (Lipinski definition) is 1. The SMILES string of the molecule is Cc1cc2[nH]ncc2c(Br)c1C.Cc1cc2c(cnn2C2CCCCO2)c(Br)c1C. The number of aromatic amines is 1. The van der Waals surface area contributed by atoms with E-state index in [0.29, 0.717) is 0 Å². The van der Waals surface area contributed by atoms with Gasteiger partial charge in [-0.2, -0.15) is 10.2 Å². The molecule has 1 aliphatic heterocycles. The van der Waals surface area contributed by atoms with Crippen LogP contribution in [0.25, 0.3) is 21.8 Å². The van der Waals surface area contributed by atoms with Crippen LogP contribution in [-0.4, -0.2) is 26.6 Å². The number of aryl methyl sites for hydroxylation is 2. The third-order valence-electron chi connectivity index (χ3n) is 5.96. The molecule has 0 aliphatic carbocycles. The molecule has 1 atom stereocenters. The quantitative estimate of drug-likeness (QED) is 0.285. The lowest BCUT2D eigenvalue weighted by Crippen LogP contribution is -2.19. The summed E-state index contributed by atoms with van der Waals surface area (Å²) in [5.74, 6) is 0. The van der Waals surface area contributed by atoms with Crippen LogP contribution in [0, 0.1) is 27.7 Å². The van der Waals surface area contributed by atoms with Gasteiger partial charge < -0.3 is 4.74 Å². The number of halogens is 2. The van der Waals surface area contributed by atoms with Gasteiger partial charge in [0.2, 0.25) is 0 Å². The van der Waals surface area contributed by atoms with E-state index in [9.17, 15) is 0 Å². The van der Waals surface area contributed by atoms with Gasteiger partial charge in [0.25, 0.3) is 0 Å². The molecule has 3 heterocycles. The Morgan fingerprint density at radius 1 is 0.967 bits per heavy atom. The van der Waals surface area contributed by atoms with Crippen molar-refractivity contribution in [2.24, 2.45) is 0 Å². The molecule has 5 rings (SSSR count). The molecule has 0 bridgehead atoms. The Bertz CT molecular complexity index is 1210. The van der Waals surface area contributed by atoms with Gasteiger partial charge in [0, 0.05) is 26.3 Å². The molecule has 0 amide bonds. The summed E-state index contributed by atoms with van der Waals surface area (Å²) < 4.78 is 10.2. The Balaban J connectivity index is 0.000000158. The number of nitrogens with zero attached hydrogens (tertiary/aromatic N) is 3. The zero-order chi connectivity index (χ0) is 21.4. The zero-order valence-corrected chi connectivity index (χ0v) is 20.9. The van der Waals surface area contributed by atoms with Crippen molar-refractivity contribution in [3.05, 3.63) is 55.7 Å². The van der Waals surface area contributed by atoms with Crippen LogP contribution in [0.1, 0.15) is 47.7 Å². The van der Waals surface area contributed by atoms with E-state index < -0.39 is 0 Å². The first-order valence-corrected chi connectivity index (χ1v) is 11.8. The van der Waals surface area contributed by atoms with Crippen LogP contribution >= 0.6 is 31.9 Å². The van der Waals surface area contributed by atoms with E-state index in [0.717, 1.165) is 44.8 Å². The summed E-state index contributed by atoms with van der Waals surface area (Å²) in [5.41, 5.74) is 7.38. The molecular weight excluding hydrogens is 508 g/mol. The molecule has 1 aliphatic rings. The largest absolute Gasteiger partial charge is 0.356 e. The minimum atomic E-state index is 0.102. The zero-order valence-electron chi connectivity index (χ0n) is 17.7. The van der Waals surface area contributed by atoms with Crippen LogP contribution in [-0.2, 0) is 4.74 Å². The molecule has 0 spiro atoms. The maximum absolute atomic E-state index is 5.83. The van der Waals surface area contributed by atoms with Gasteiger partial charge in [-0.25, -0.2) is 4.68 Å². The normalized spacial score (nSPS) is 16.7. The number of ether oxygens (including phenoxy) is 1. The number of nitrogens with one attached hydrogen (secondary N) is 1. The van der Waals surface area contributed by atoms with E-state index in [2.05, 4.69) is 87.0 Å². The van der Waals surface area contributed by atoms with E-state index in [4.69, 9.17) is 4.74 Å². The fourth-order valence-electron chi connectivity index (χ4n) is 3.80. The summed E-state index contributed by atoms with van der Waals surface area (Å²) in [5, 5.41) is 13.8. The maximum Gasteiger partial charge on any atom is 0.150 e. The lowest BCUT2D eigenvalue weighted by Gasteiger charge is -2.23. The van der Waals surface area contributed by atoms with Crippen molar-refractivity contribution in [2.75, 3.05) is 6.61 Å². The van der Waals surface area contributed by atoms with Crippen LogP contribution in [0.3, 0.4) is 0 Å². The average Bonchev–Trinajstić information content (AvgIpc) is 3.39. The monoisotopic (exact) mass is 532 g/mol. The predicted molar refractivity (Wildman–Crippen MR) is 129 cm³/mol. The molecule has 0 saturated carbocycles. The Kier molecular flexibility index (Phi) is 6.32. The number of benzene rings is 2. The Morgan fingerprint density at radius 2 is 1.67 bits per heavy atom. The molecule has 158 valence electrons. The number of aromatic nitrogens is 4.